The highest BCUT2D eigenvalue weighted by atomic mass is 19.3. The Kier molecular flexibility index (Phi) is 5.40. The summed E-state index contributed by atoms with van der Waals surface area (Å²) >= 11 is 0. The second-order valence-electron chi connectivity index (χ2n) is 9.63. The number of halogens is 3. The normalized spacial score (nSPS) is 20.5. The van der Waals surface area contributed by atoms with Crippen molar-refractivity contribution in [2.45, 2.75) is 56.5 Å². The van der Waals surface area contributed by atoms with E-state index in [1.807, 2.05) is 0 Å². The van der Waals surface area contributed by atoms with Crippen LogP contribution in [0.5, 0.6) is 0 Å². The van der Waals surface area contributed by atoms with Crippen LogP contribution in [0.4, 0.5) is 18.9 Å². The number of rotatable bonds is 5. The van der Waals surface area contributed by atoms with E-state index in [1.165, 1.54) is 42.6 Å². The highest BCUT2D eigenvalue weighted by molar-refractivity contribution is 6.03. The number of nitrogens with one attached hydrogen (secondary N) is 2. The Bertz CT molecular complexity index is 1260. The first-order valence-electron chi connectivity index (χ1n) is 11.4. The number of hydrogen-bond donors (Lipinski definition) is 3. The molecule has 3 aromatic rings. The van der Waals surface area contributed by atoms with Gasteiger partial charge in [-0.2, -0.15) is 0 Å². The Morgan fingerprint density at radius 1 is 1.21 bits per heavy atom. The molecule has 1 saturated carbocycles. The fraction of sp³-hybridized carbons (Fsp3) is 0.458. The Morgan fingerprint density at radius 2 is 1.91 bits per heavy atom. The van der Waals surface area contributed by atoms with Crippen LogP contribution in [-0.4, -0.2) is 44.4 Å². The van der Waals surface area contributed by atoms with Crippen LogP contribution in [-0.2, 0) is 5.60 Å². The number of fused-ring (bicyclic) bond motifs is 1. The monoisotopic (exact) mass is 473 g/mol. The van der Waals surface area contributed by atoms with Gasteiger partial charge >= 0.3 is 0 Å². The zero-order valence-electron chi connectivity index (χ0n) is 18.9. The molecule has 4 heterocycles. The summed E-state index contributed by atoms with van der Waals surface area (Å²) < 4.78 is 44.0. The van der Waals surface area contributed by atoms with Gasteiger partial charge < -0.3 is 20.1 Å². The summed E-state index contributed by atoms with van der Waals surface area (Å²) in [5.41, 5.74) is -0.779. The average Bonchev–Trinajstić information content (AvgIpc) is 3.22. The highest BCUT2D eigenvalue weighted by Crippen LogP contribution is 2.55. The highest BCUT2D eigenvalue weighted by Gasteiger charge is 2.58. The van der Waals surface area contributed by atoms with Crippen LogP contribution in [0.3, 0.4) is 0 Å². The molecule has 2 fully saturated rings. The van der Waals surface area contributed by atoms with E-state index in [-0.39, 0.29) is 40.6 Å². The smallest absolute Gasteiger partial charge is 0.274 e. The maximum absolute atomic E-state index is 15.6. The molecule has 10 heteroatoms. The summed E-state index contributed by atoms with van der Waals surface area (Å²) in [6, 6.07) is 4.36. The zero-order chi connectivity index (χ0) is 24.3. The molecule has 180 valence electrons. The van der Waals surface area contributed by atoms with E-state index in [9.17, 15) is 18.7 Å². The molecule has 1 aliphatic carbocycles. The molecule has 1 saturated heterocycles. The number of carbonyl (C=O) groups excluding carboxylic acids is 1. The van der Waals surface area contributed by atoms with Gasteiger partial charge in [0.15, 0.2) is 11.5 Å². The molecule has 0 bridgehead atoms. The molecule has 0 spiro atoms. The van der Waals surface area contributed by atoms with Crippen molar-refractivity contribution in [2.24, 2.45) is 0 Å². The molecule has 7 nitrogen and oxygen atoms in total. The van der Waals surface area contributed by atoms with Crippen LogP contribution in [0, 0.1) is 5.82 Å². The van der Waals surface area contributed by atoms with Crippen molar-refractivity contribution < 1.29 is 23.1 Å². The van der Waals surface area contributed by atoms with Crippen molar-refractivity contribution in [3.63, 3.8) is 0 Å². The quantitative estimate of drug-likeness (QED) is 0.522. The van der Waals surface area contributed by atoms with Gasteiger partial charge in [-0.15, -0.1) is 0 Å². The predicted molar refractivity (Wildman–Crippen MR) is 120 cm³/mol. The number of amides is 1. The molecule has 0 unspecified atom stereocenters. The van der Waals surface area contributed by atoms with E-state index in [0.717, 1.165) is 31.6 Å². The summed E-state index contributed by atoms with van der Waals surface area (Å²) in [6.45, 7) is 4.55. The molecule has 5 rings (SSSR count). The lowest BCUT2D eigenvalue weighted by atomic mass is 9.95. The SMILES string of the molecule is CC(C)(O)c1c(NC(=O)c2cccc([C@H]3CC3(F)F)n2)cn2cc(C3CCNCC3)nc2c1F. The zero-order valence-corrected chi connectivity index (χ0v) is 18.9. The molecule has 3 N–H and O–H groups in total. The first-order chi connectivity index (χ1) is 16.0. The van der Waals surface area contributed by atoms with Crippen LogP contribution in [0.2, 0.25) is 0 Å². The Labute approximate surface area is 194 Å². The Morgan fingerprint density at radius 3 is 2.56 bits per heavy atom. The van der Waals surface area contributed by atoms with Crippen LogP contribution in [0.25, 0.3) is 5.65 Å². The topological polar surface area (TPSA) is 91.5 Å². The third-order valence-corrected chi connectivity index (χ3v) is 6.51. The second kappa shape index (κ2) is 8.06. The van der Waals surface area contributed by atoms with Gasteiger partial charge in [0.1, 0.15) is 5.69 Å². The third kappa shape index (κ3) is 4.16. The van der Waals surface area contributed by atoms with Gasteiger partial charge in [-0.1, -0.05) is 6.07 Å². The molecular formula is C24H26F3N5O2. The maximum Gasteiger partial charge on any atom is 0.274 e. The minimum Gasteiger partial charge on any atom is -0.386 e. The van der Waals surface area contributed by atoms with Crippen LogP contribution >= 0.6 is 0 Å². The van der Waals surface area contributed by atoms with Crippen LogP contribution in [0.15, 0.2) is 30.6 Å². The number of hydrogen-bond acceptors (Lipinski definition) is 5. The fourth-order valence-corrected chi connectivity index (χ4v) is 4.61. The Hall–Kier alpha value is -2.98. The molecule has 1 amide bonds. The van der Waals surface area contributed by atoms with Crippen molar-refractivity contribution in [3.8, 4) is 0 Å². The van der Waals surface area contributed by atoms with Gasteiger partial charge in [-0.25, -0.2) is 23.1 Å². The van der Waals surface area contributed by atoms with Gasteiger partial charge in [0, 0.05) is 30.3 Å². The number of nitrogens with zero attached hydrogens (tertiary/aromatic N) is 3. The molecule has 1 aliphatic heterocycles. The molecule has 34 heavy (non-hydrogen) atoms. The Balaban J connectivity index is 1.50. The van der Waals surface area contributed by atoms with Gasteiger partial charge in [0.05, 0.1) is 28.6 Å². The average molecular weight is 473 g/mol. The maximum atomic E-state index is 15.6. The van der Waals surface area contributed by atoms with Gasteiger partial charge in [0.2, 0.25) is 0 Å². The lowest BCUT2D eigenvalue weighted by Crippen LogP contribution is -2.26. The second-order valence-corrected chi connectivity index (χ2v) is 9.63. The van der Waals surface area contributed by atoms with Crippen molar-refractivity contribution in [2.75, 3.05) is 18.4 Å². The van der Waals surface area contributed by atoms with E-state index in [1.54, 1.807) is 6.20 Å². The molecular weight excluding hydrogens is 447 g/mol. The molecule has 0 radical (unpaired) electrons. The number of aromatic nitrogens is 3. The van der Waals surface area contributed by atoms with Crippen molar-refractivity contribution in [3.05, 3.63) is 59.1 Å². The van der Waals surface area contributed by atoms with Gasteiger partial charge in [-0.3, -0.25) is 4.79 Å². The first kappa shape index (κ1) is 22.8. The van der Waals surface area contributed by atoms with E-state index in [0.29, 0.717) is 0 Å². The number of alkyl halides is 2. The minimum atomic E-state index is -2.81. The van der Waals surface area contributed by atoms with Crippen molar-refractivity contribution >= 4 is 17.2 Å². The number of imidazole rings is 1. The number of piperidine rings is 1. The van der Waals surface area contributed by atoms with Crippen molar-refractivity contribution in [1.82, 2.24) is 19.7 Å². The summed E-state index contributed by atoms with van der Waals surface area (Å²) in [5.74, 6) is -5.03. The fourth-order valence-electron chi connectivity index (χ4n) is 4.61. The number of anilines is 1. The molecule has 3 aromatic heterocycles. The lowest BCUT2D eigenvalue weighted by molar-refractivity contribution is 0.0753. The number of aliphatic hydroxyl groups is 1. The van der Waals surface area contributed by atoms with Gasteiger partial charge in [0.25, 0.3) is 11.8 Å². The van der Waals surface area contributed by atoms with Crippen molar-refractivity contribution in [1.29, 1.82) is 0 Å². The van der Waals surface area contributed by atoms with E-state index < -0.39 is 29.2 Å². The minimum absolute atomic E-state index is 0.0562. The number of pyridine rings is 2. The van der Waals surface area contributed by atoms with Crippen LogP contribution in [0.1, 0.15) is 72.4 Å². The lowest BCUT2D eigenvalue weighted by Gasteiger charge is -2.23. The summed E-state index contributed by atoms with van der Waals surface area (Å²) in [4.78, 5) is 21.5. The van der Waals surface area contributed by atoms with E-state index >= 15 is 4.39 Å². The number of carbonyl (C=O) groups is 1. The molecule has 1 atom stereocenters. The van der Waals surface area contributed by atoms with Gasteiger partial charge in [-0.05, 0) is 51.9 Å². The molecule has 0 aromatic carbocycles. The van der Waals surface area contributed by atoms with Crippen LogP contribution < -0.4 is 10.6 Å². The van der Waals surface area contributed by atoms with E-state index in [4.69, 9.17) is 0 Å². The van der Waals surface area contributed by atoms with E-state index in [2.05, 4.69) is 20.6 Å². The molecule has 2 aliphatic rings. The first-order valence-corrected chi connectivity index (χ1v) is 11.4. The third-order valence-electron chi connectivity index (χ3n) is 6.51. The largest absolute Gasteiger partial charge is 0.386 e. The summed E-state index contributed by atoms with van der Waals surface area (Å²) in [6.07, 6.45) is 4.73. The standard InChI is InChI=1S/C24H26F3N5O2/c1-23(2,34)19-18(31-22(33)16-5-3-4-15(29-16)14-10-24(14,26)27)12-32-11-17(30-21(32)20(19)25)13-6-8-28-9-7-13/h3-5,11-14,28,34H,6-10H2,1-2H3,(H,31,33)/t14-/m1/s1. The summed E-state index contributed by atoms with van der Waals surface area (Å²) in [5, 5.41) is 16.6. The predicted octanol–water partition coefficient (Wildman–Crippen LogP) is 3.94. The summed E-state index contributed by atoms with van der Waals surface area (Å²) in [7, 11) is 0.